The number of aromatic nitrogens is 1. The molecule has 17 unspecified atom stereocenters. The Morgan fingerprint density at radius 3 is 2.60 bits per heavy atom. The summed E-state index contributed by atoms with van der Waals surface area (Å²) in [5.74, 6) is 2.28. The van der Waals surface area contributed by atoms with E-state index >= 15 is 0 Å². The van der Waals surface area contributed by atoms with E-state index in [1.54, 1.807) is 50.0 Å². The van der Waals surface area contributed by atoms with Gasteiger partial charge in [-0.05, 0) is 171 Å². The fraction of sp³-hybridized carbons (Fsp3) is 0.600. The molecular formula is C60H74N2O13. The zero-order valence-electron chi connectivity index (χ0n) is 42.9. The summed E-state index contributed by atoms with van der Waals surface area (Å²) in [6.07, 6.45) is 12.6. The van der Waals surface area contributed by atoms with Gasteiger partial charge in [-0.1, -0.05) is 36.6 Å². The van der Waals surface area contributed by atoms with Crippen LogP contribution in [-0.2, 0) is 31.8 Å². The molecule has 5 fully saturated rings. The van der Waals surface area contributed by atoms with Crippen LogP contribution in [0.1, 0.15) is 128 Å². The number of rotatable bonds is 16. The molecule has 15 heteroatoms. The zero-order valence-corrected chi connectivity index (χ0v) is 42.9. The highest BCUT2D eigenvalue weighted by Crippen LogP contribution is 2.75. The molecule has 3 bridgehead atoms. The molecular weight excluding hydrogens is 957 g/mol. The minimum absolute atomic E-state index is 0.00292. The van der Waals surface area contributed by atoms with Crippen LogP contribution >= 0.6 is 0 Å². The molecule has 5 heterocycles. The second kappa shape index (κ2) is 21.7. The first-order valence-electron chi connectivity index (χ1n) is 27.2. The molecule has 7 N–H and O–H groups in total. The number of carbonyl (C=O) groups is 1. The molecule has 3 spiro atoms. The van der Waals surface area contributed by atoms with Gasteiger partial charge in [-0.2, -0.15) is 5.26 Å². The number of hydrogen-bond acceptors (Lipinski definition) is 13. The summed E-state index contributed by atoms with van der Waals surface area (Å²) in [7, 11) is 1.61. The van der Waals surface area contributed by atoms with Gasteiger partial charge in [0, 0.05) is 44.9 Å². The third-order valence-corrected chi connectivity index (χ3v) is 19.4. The van der Waals surface area contributed by atoms with Gasteiger partial charge in [-0.25, -0.2) is 4.79 Å². The number of aliphatic hydroxyl groups excluding tert-OH is 5. The number of carboxylic acid groups (broad SMARTS) is 1. The van der Waals surface area contributed by atoms with Gasteiger partial charge in [-0.15, -0.1) is 6.58 Å². The summed E-state index contributed by atoms with van der Waals surface area (Å²) in [6, 6.07) is 16.4. The number of carboxylic acids is 1. The van der Waals surface area contributed by atoms with Crippen LogP contribution in [0.3, 0.4) is 0 Å². The van der Waals surface area contributed by atoms with Gasteiger partial charge in [0.25, 0.3) is 0 Å². The van der Waals surface area contributed by atoms with Crippen molar-refractivity contribution in [3.05, 3.63) is 114 Å². The van der Waals surface area contributed by atoms with Crippen LogP contribution in [0.15, 0.2) is 85.9 Å². The van der Waals surface area contributed by atoms with Crippen molar-refractivity contribution in [2.45, 2.75) is 156 Å². The molecule has 0 radical (unpaired) electrons. The van der Waals surface area contributed by atoms with E-state index in [1.807, 2.05) is 41.0 Å². The van der Waals surface area contributed by atoms with E-state index in [4.69, 9.17) is 23.7 Å². The second-order valence-electron chi connectivity index (χ2n) is 23.0. The summed E-state index contributed by atoms with van der Waals surface area (Å²) in [5, 5.41) is 91.3. The van der Waals surface area contributed by atoms with Gasteiger partial charge in [0.2, 0.25) is 6.29 Å². The highest BCUT2D eigenvalue weighted by Gasteiger charge is 2.72. The number of ether oxygens (including phenoxy) is 5. The molecule has 1 saturated heterocycles. The van der Waals surface area contributed by atoms with Crippen molar-refractivity contribution in [1.82, 2.24) is 4.57 Å². The maximum Gasteiger partial charge on any atom is 0.335 e. The smallest absolute Gasteiger partial charge is 0.335 e. The zero-order chi connectivity index (χ0) is 52.7. The van der Waals surface area contributed by atoms with Crippen LogP contribution in [0.5, 0.6) is 5.75 Å². The lowest BCUT2D eigenvalue weighted by Gasteiger charge is -2.56. The van der Waals surface area contributed by atoms with Crippen molar-refractivity contribution in [2.24, 2.45) is 40.4 Å². The van der Waals surface area contributed by atoms with Gasteiger partial charge in [0.1, 0.15) is 42.3 Å². The van der Waals surface area contributed by atoms with Crippen molar-refractivity contribution in [3.8, 4) is 23.8 Å². The Balaban J connectivity index is 1.01. The lowest BCUT2D eigenvalue weighted by Crippen LogP contribution is -2.70. The summed E-state index contributed by atoms with van der Waals surface area (Å²) < 4.78 is 34.4. The average molecular weight is 1030 g/mol. The SMILES string of the molecule is C=CCc1ccc(OC2OC3C(CCCO)OC#CCC(O)C4CC2(OC=CC42CCC4C(O)(CC5C(c6ccc(C(=O)O)cc6)CCC6CCCC654)C2)C(O)C3O)cc1CC(COC)C(CO)n1ccc(C#N)c1. The van der Waals surface area contributed by atoms with Crippen molar-refractivity contribution in [1.29, 1.82) is 5.26 Å². The Bertz CT molecular complexity index is 2670. The van der Waals surface area contributed by atoms with E-state index in [2.05, 4.69) is 24.7 Å². The van der Waals surface area contributed by atoms with E-state index in [0.29, 0.717) is 55.8 Å². The predicted molar refractivity (Wildman–Crippen MR) is 275 cm³/mol. The number of aromatic carboxylic acids is 1. The number of nitriles is 1. The average Bonchev–Trinajstić information content (AvgIpc) is 4.10. The largest absolute Gasteiger partial charge is 0.486 e. The fourth-order valence-electron chi connectivity index (χ4n) is 16.2. The summed E-state index contributed by atoms with van der Waals surface area (Å²) in [6.45, 7) is 3.91. The molecule has 15 nitrogen and oxygen atoms in total. The molecule has 3 aromatic rings. The van der Waals surface area contributed by atoms with Gasteiger partial charge >= 0.3 is 5.97 Å². The third-order valence-electron chi connectivity index (χ3n) is 19.4. The Labute approximate surface area is 439 Å². The monoisotopic (exact) mass is 1030 g/mol. The van der Waals surface area contributed by atoms with E-state index < -0.39 is 71.4 Å². The minimum atomic E-state index is -1.82. The highest BCUT2D eigenvalue weighted by molar-refractivity contribution is 5.87. The van der Waals surface area contributed by atoms with E-state index in [0.717, 1.165) is 48.8 Å². The highest BCUT2D eigenvalue weighted by atomic mass is 16.7. The van der Waals surface area contributed by atoms with Crippen molar-refractivity contribution in [2.75, 3.05) is 26.9 Å². The molecule has 8 aliphatic rings. The normalized spacial score (nSPS) is 37.3. The molecule has 4 aliphatic carbocycles. The predicted octanol–water partition coefficient (Wildman–Crippen LogP) is 6.72. The number of nitrogens with zero attached hydrogens (tertiary/aromatic N) is 2. The van der Waals surface area contributed by atoms with Crippen LogP contribution < -0.4 is 4.74 Å². The van der Waals surface area contributed by atoms with E-state index in [1.165, 1.54) is 0 Å². The molecule has 4 saturated carbocycles. The number of hydrogen-bond donors (Lipinski definition) is 7. The van der Waals surface area contributed by atoms with Gasteiger partial charge in [-0.3, -0.25) is 0 Å². The van der Waals surface area contributed by atoms with Crippen LogP contribution in [0.25, 0.3) is 0 Å². The standard InChI is InChI=1S/C60H74N2O13/c1-3-7-38-15-17-44(29-41(38)28-42(35-71-2)48(34-64)62-24-20-37(32-61)33-62)74-56-60-31-47(49(65)9-6-26-72-50(10-5-25-63)53(75-56)52(66)54(60)67)57(23-27-73-60)22-19-51-58(70,36-57)30-46-45(18-16-43-8-4-21-59(43,46)51)39-11-13-40(14-12-39)55(68)69/h3,11-15,17,20,23-24,27,29,33,42-43,45-54,56,63-67,70H,1,4-5,7-10,16,18-19,21-22,25,28,30-31,34-36H2,2H3,(H,68,69). The van der Waals surface area contributed by atoms with Crippen LogP contribution in [0.4, 0.5) is 0 Å². The fourth-order valence-corrected chi connectivity index (χ4v) is 16.2. The summed E-state index contributed by atoms with van der Waals surface area (Å²) in [4.78, 5) is 11.9. The maximum atomic E-state index is 13.6. The number of allylic oxidation sites excluding steroid dienone is 2. The maximum absolute atomic E-state index is 13.6. The van der Waals surface area contributed by atoms with Crippen molar-refractivity contribution >= 4 is 5.97 Å². The van der Waals surface area contributed by atoms with Crippen molar-refractivity contribution in [3.63, 3.8) is 0 Å². The van der Waals surface area contributed by atoms with E-state index in [9.17, 15) is 45.8 Å². The van der Waals surface area contributed by atoms with Crippen molar-refractivity contribution < 1.29 is 64.2 Å². The lowest BCUT2D eigenvalue weighted by atomic mass is 9.50. The third kappa shape index (κ3) is 9.50. The molecule has 0 amide bonds. The van der Waals surface area contributed by atoms with E-state index in [-0.39, 0.29) is 80.2 Å². The van der Waals surface area contributed by atoms with Crippen LogP contribution in [0, 0.1) is 63.8 Å². The first-order valence-corrected chi connectivity index (χ1v) is 27.2. The molecule has 4 aliphatic heterocycles. The summed E-state index contributed by atoms with van der Waals surface area (Å²) >= 11 is 0. The molecule has 75 heavy (non-hydrogen) atoms. The Morgan fingerprint density at radius 1 is 1.04 bits per heavy atom. The number of aliphatic hydroxyl groups is 6. The first-order chi connectivity index (χ1) is 36.3. The molecule has 1 aromatic heterocycles. The molecule has 2 aromatic carbocycles. The Hall–Kier alpha value is -5.20. The first kappa shape index (κ1) is 53.2. The quantitative estimate of drug-likeness (QED) is 0.0583. The lowest BCUT2D eigenvalue weighted by molar-refractivity contribution is -0.334. The molecule has 11 rings (SSSR count). The Morgan fingerprint density at radius 2 is 1.87 bits per heavy atom. The molecule has 17 atom stereocenters. The number of benzene rings is 2. The van der Waals surface area contributed by atoms with Gasteiger partial charge < -0.3 is 64.0 Å². The Kier molecular flexibility index (Phi) is 15.4. The second-order valence-corrected chi connectivity index (χ2v) is 23.0. The topological polar surface area (TPSA) is 234 Å². The van der Waals surface area contributed by atoms with Crippen LogP contribution in [-0.4, -0.2) is 121 Å². The summed E-state index contributed by atoms with van der Waals surface area (Å²) in [5.41, 5.74) is -0.251. The van der Waals surface area contributed by atoms with Gasteiger partial charge in [0.05, 0.1) is 48.3 Å². The van der Waals surface area contributed by atoms with Gasteiger partial charge in [0.15, 0.2) is 5.60 Å². The number of fused-ring (bicyclic) bond motifs is 7. The number of methoxy groups -OCH3 is 1. The minimum Gasteiger partial charge on any atom is -0.486 e. The molecule has 402 valence electrons. The van der Waals surface area contributed by atoms with Crippen LogP contribution in [0.2, 0.25) is 0 Å².